The number of anilines is 2. The van der Waals surface area contributed by atoms with Crippen molar-refractivity contribution in [1.82, 2.24) is 0 Å². The lowest BCUT2D eigenvalue weighted by Gasteiger charge is -2.27. The van der Waals surface area contributed by atoms with Gasteiger partial charge in [0.25, 0.3) is 11.7 Å². The van der Waals surface area contributed by atoms with E-state index in [2.05, 4.69) is 18.7 Å². The molecular weight excluding hydrogens is 504 g/mol. The van der Waals surface area contributed by atoms with E-state index in [4.69, 9.17) is 21.1 Å². The van der Waals surface area contributed by atoms with Crippen LogP contribution in [0.25, 0.3) is 5.76 Å². The highest BCUT2D eigenvalue weighted by Crippen LogP contribution is 2.43. The van der Waals surface area contributed by atoms with Crippen LogP contribution in [0.5, 0.6) is 11.5 Å². The van der Waals surface area contributed by atoms with Crippen LogP contribution in [0.2, 0.25) is 5.02 Å². The smallest absolute Gasteiger partial charge is 0.300 e. The second-order valence-corrected chi connectivity index (χ2v) is 9.12. The van der Waals surface area contributed by atoms with Crippen molar-refractivity contribution in [3.8, 4) is 11.5 Å². The van der Waals surface area contributed by atoms with Crippen molar-refractivity contribution in [1.29, 1.82) is 0 Å². The van der Waals surface area contributed by atoms with E-state index >= 15 is 0 Å². The number of halogens is 1. The largest absolute Gasteiger partial charge is 0.507 e. The number of Topliss-reactive ketones (excluding diaryl/α,β-unsaturated/α-hetero) is 1. The standard InChI is InChI=1S/C30H31ClN2O5/c1-5-32(6-2)21-12-14-22(15-13-21)33-27(19-9-8-10-23(17-19)37-4)26(29(35)30(33)36)28(34)20-11-16-24(31)25(18-20)38-7-3/h8-18,27,34H,5-7H2,1-4H3/b28-26-. The molecule has 1 unspecified atom stereocenters. The molecule has 0 saturated carbocycles. The predicted octanol–water partition coefficient (Wildman–Crippen LogP) is 6.22. The Morgan fingerprint density at radius 3 is 2.34 bits per heavy atom. The third-order valence-corrected chi connectivity index (χ3v) is 6.93. The topological polar surface area (TPSA) is 79.3 Å². The lowest BCUT2D eigenvalue weighted by Crippen LogP contribution is -2.29. The molecule has 1 fully saturated rings. The Hall–Kier alpha value is -3.97. The number of methoxy groups -OCH3 is 1. The van der Waals surface area contributed by atoms with E-state index in [1.165, 1.54) is 4.90 Å². The number of rotatable bonds is 9. The van der Waals surface area contributed by atoms with Gasteiger partial charge in [0.15, 0.2) is 0 Å². The zero-order valence-corrected chi connectivity index (χ0v) is 22.7. The van der Waals surface area contributed by atoms with Crippen LogP contribution >= 0.6 is 11.6 Å². The van der Waals surface area contributed by atoms with Crippen LogP contribution in [0, 0.1) is 0 Å². The fraction of sp³-hybridized carbons (Fsp3) is 0.267. The Morgan fingerprint density at radius 1 is 1.00 bits per heavy atom. The normalized spacial score (nSPS) is 16.6. The third kappa shape index (κ3) is 5.07. The molecule has 198 valence electrons. The van der Waals surface area contributed by atoms with Gasteiger partial charge in [0.2, 0.25) is 0 Å². The van der Waals surface area contributed by atoms with Crippen molar-refractivity contribution >= 4 is 40.4 Å². The molecule has 4 rings (SSSR count). The molecule has 1 atom stereocenters. The van der Waals surface area contributed by atoms with Gasteiger partial charge in [-0.25, -0.2) is 0 Å². The summed E-state index contributed by atoms with van der Waals surface area (Å²) in [6, 6.07) is 18.5. The minimum absolute atomic E-state index is 0.0270. The lowest BCUT2D eigenvalue weighted by atomic mass is 9.95. The number of aliphatic hydroxyl groups is 1. The van der Waals surface area contributed by atoms with Crippen molar-refractivity contribution < 1.29 is 24.2 Å². The Morgan fingerprint density at radius 2 is 1.71 bits per heavy atom. The maximum atomic E-state index is 13.5. The molecule has 0 aliphatic carbocycles. The number of nitrogens with zero attached hydrogens (tertiary/aromatic N) is 2. The molecule has 8 heteroatoms. The van der Waals surface area contributed by atoms with Crippen LogP contribution in [-0.2, 0) is 9.59 Å². The van der Waals surface area contributed by atoms with Gasteiger partial charge in [-0.1, -0.05) is 23.7 Å². The molecule has 1 saturated heterocycles. The second kappa shape index (κ2) is 11.6. The maximum absolute atomic E-state index is 13.5. The van der Waals surface area contributed by atoms with E-state index < -0.39 is 17.7 Å². The fourth-order valence-electron chi connectivity index (χ4n) is 4.71. The van der Waals surface area contributed by atoms with Crippen molar-refractivity contribution in [3.05, 3.63) is 88.5 Å². The number of ketones is 1. The molecule has 0 aromatic heterocycles. The molecule has 1 aliphatic rings. The zero-order valence-electron chi connectivity index (χ0n) is 21.9. The summed E-state index contributed by atoms with van der Waals surface area (Å²) in [6.07, 6.45) is 0. The molecule has 1 amide bonds. The minimum Gasteiger partial charge on any atom is -0.507 e. The van der Waals surface area contributed by atoms with Gasteiger partial charge in [0.1, 0.15) is 17.3 Å². The summed E-state index contributed by atoms with van der Waals surface area (Å²) in [6.45, 7) is 8.03. The number of hydrogen-bond donors (Lipinski definition) is 1. The van der Waals surface area contributed by atoms with Gasteiger partial charge in [-0.3, -0.25) is 14.5 Å². The summed E-state index contributed by atoms with van der Waals surface area (Å²) in [5.74, 6) is -0.881. The van der Waals surface area contributed by atoms with E-state index in [0.717, 1.165) is 18.8 Å². The highest BCUT2D eigenvalue weighted by Gasteiger charge is 2.47. The van der Waals surface area contributed by atoms with Crippen molar-refractivity contribution in [2.45, 2.75) is 26.8 Å². The maximum Gasteiger partial charge on any atom is 0.300 e. The number of amides is 1. The van der Waals surface area contributed by atoms with Crippen LogP contribution in [0.1, 0.15) is 37.9 Å². The molecule has 1 aliphatic heterocycles. The molecule has 3 aromatic carbocycles. The Labute approximate surface area is 227 Å². The van der Waals surface area contributed by atoms with Gasteiger partial charge in [-0.2, -0.15) is 0 Å². The van der Waals surface area contributed by atoms with Crippen LogP contribution in [0.15, 0.2) is 72.3 Å². The number of ether oxygens (including phenoxy) is 2. The molecule has 1 heterocycles. The molecule has 0 bridgehead atoms. The van der Waals surface area contributed by atoms with E-state index in [0.29, 0.717) is 39.9 Å². The number of carbonyl (C=O) groups excluding carboxylic acids is 2. The quantitative estimate of drug-likeness (QED) is 0.199. The molecule has 38 heavy (non-hydrogen) atoms. The number of hydrogen-bond acceptors (Lipinski definition) is 6. The van der Waals surface area contributed by atoms with Crippen LogP contribution < -0.4 is 19.3 Å². The van der Waals surface area contributed by atoms with Gasteiger partial charge in [-0.05, 0) is 80.9 Å². The van der Waals surface area contributed by atoms with E-state index in [-0.39, 0.29) is 11.3 Å². The lowest BCUT2D eigenvalue weighted by molar-refractivity contribution is -0.132. The van der Waals surface area contributed by atoms with Gasteiger partial charge in [-0.15, -0.1) is 0 Å². The van der Waals surface area contributed by atoms with Crippen molar-refractivity contribution in [2.24, 2.45) is 0 Å². The SMILES string of the molecule is CCOc1cc(/C(O)=C2/C(=O)C(=O)N(c3ccc(N(CC)CC)cc3)C2c2cccc(OC)c2)ccc1Cl. The van der Waals surface area contributed by atoms with Gasteiger partial charge in [0, 0.05) is 30.0 Å². The summed E-state index contributed by atoms with van der Waals surface area (Å²) in [7, 11) is 1.55. The molecular formula is C30H31ClN2O5. The average molecular weight is 535 g/mol. The number of carbonyl (C=O) groups is 2. The first-order valence-corrected chi connectivity index (χ1v) is 12.9. The van der Waals surface area contributed by atoms with E-state index in [1.54, 1.807) is 49.6 Å². The zero-order chi connectivity index (χ0) is 27.4. The summed E-state index contributed by atoms with van der Waals surface area (Å²) >= 11 is 6.24. The summed E-state index contributed by atoms with van der Waals surface area (Å²) in [5, 5.41) is 11.8. The average Bonchev–Trinajstić information content (AvgIpc) is 3.20. The van der Waals surface area contributed by atoms with Gasteiger partial charge in [0.05, 0.1) is 30.4 Å². The molecule has 0 radical (unpaired) electrons. The molecule has 1 N–H and O–H groups in total. The molecule has 3 aromatic rings. The van der Waals surface area contributed by atoms with Crippen molar-refractivity contribution in [3.63, 3.8) is 0 Å². The summed E-state index contributed by atoms with van der Waals surface area (Å²) in [4.78, 5) is 30.6. The highest BCUT2D eigenvalue weighted by atomic mass is 35.5. The predicted molar refractivity (Wildman–Crippen MR) is 150 cm³/mol. The highest BCUT2D eigenvalue weighted by molar-refractivity contribution is 6.51. The monoisotopic (exact) mass is 534 g/mol. The minimum atomic E-state index is -0.879. The number of aliphatic hydroxyl groups excluding tert-OH is 1. The first-order chi connectivity index (χ1) is 18.3. The first-order valence-electron chi connectivity index (χ1n) is 12.6. The summed E-state index contributed by atoms with van der Waals surface area (Å²) < 4.78 is 11.0. The molecule has 7 nitrogen and oxygen atoms in total. The van der Waals surface area contributed by atoms with E-state index in [9.17, 15) is 14.7 Å². The first kappa shape index (κ1) is 27.1. The van der Waals surface area contributed by atoms with E-state index in [1.807, 2.05) is 31.2 Å². The Balaban J connectivity index is 1.89. The van der Waals surface area contributed by atoms with Crippen molar-refractivity contribution in [2.75, 3.05) is 36.6 Å². The third-order valence-electron chi connectivity index (χ3n) is 6.61. The van der Waals surface area contributed by atoms with Crippen LogP contribution in [0.3, 0.4) is 0 Å². The summed E-state index contributed by atoms with van der Waals surface area (Å²) in [5.41, 5.74) is 2.47. The van der Waals surface area contributed by atoms with Crippen LogP contribution in [0.4, 0.5) is 11.4 Å². The second-order valence-electron chi connectivity index (χ2n) is 8.71. The molecule has 0 spiro atoms. The van der Waals surface area contributed by atoms with Gasteiger partial charge >= 0.3 is 0 Å². The van der Waals surface area contributed by atoms with Gasteiger partial charge < -0.3 is 19.5 Å². The number of benzene rings is 3. The fourth-order valence-corrected chi connectivity index (χ4v) is 4.88. The Kier molecular flexibility index (Phi) is 8.27. The Bertz CT molecular complexity index is 1370. The van der Waals surface area contributed by atoms with Crippen LogP contribution in [-0.4, -0.2) is 43.6 Å².